The van der Waals surface area contributed by atoms with E-state index in [9.17, 15) is 4.79 Å². The lowest BCUT2D eigenvalue weighted by atomic mass is 10.00. The summed E-state index contributed by atoms with van der Waals surface area (Å²) in [6.07, 6.45) is 2.42. The number of nitrogens with zero attached hydrogens (tertiary/aromatic N) is 2. The van der Waals surface area contributed by atoms with Crippen LogP contribution in [0.25, 0.3) is 0 Å². The molecule has 1 heterocycles. The van der Waals surface area contributed by atoms with E-state index in [1.807, 2.05) is 18.7 Å². The van der Waals surface area contributed by atoms with Gasteiger partial charge in [-0.3, -0.25) is 4.79 Å². The summed E-state index contributed by atoms with van der Waals surface area (Å²) in [5, 5.41) is 0. The van der Waals surface area contributed by atoms with Gasteiger partial charge in [-0.1, -0.05) is 0 Å². The fraction of sp³-hybridized carbons (Fsp3) is 0.917. The van der Waals surface area contributed by atoms with Gasteiger partial charge in [0, 0.05) is 31.1 Å². The van der Waals surface area contributed by atoms with Crippen molar-refractivity contribution in [3.63, 3.8) is 0 Å². The lowest BCUT2D eigenvalue weighted by Gasteiger charge is -2.22. The average molecular weight is 227 g/mol. The predicted octanol–water partition coefficient (Wildman–Crippen LogP) is 0.666. The van der Waals surface area contributed by atoms with E-state index < -0.39 is 0 Å². The van der Waals surface area contributed by atoms with E-state index in [1.54, 1.807) is 0 Å². The van der Waals surface area contributed by atoms with Gasteiger partial charge in [-0.25, -0.2) is 0 Å². The highest BCUT2D eigenvalue weighted by molar-refractivity contribution is 5.76. The molecule has 2 N–H and O–H groups in total. The molecule has 0 spiro atoms. The number of likely N-dealkylation sites (N-methyl/N-ethyl adjacent to an activating group) is 1. The van der Waals surface area contributed by atoms with Crippen molar-refractivity contribution in [2.75, 3.05) is 27.2 Å². The zero-order chi connectivity index (χ0) is 12.3. The molecule has 0 aromatic carbocycles. The molecular formula is C12H25N3O. The molecule has 0 aliphatic carbocycles. The number of likely N-dealkylation sites (tertiary alicyclic amines) is 1. The van der Waals surface area contributed by atoms with Crippen molar-refractivity contribution in [3.05, 3.63) is 0 Å². The third kappa shape index (κ3) is 4.10. The molecule has 1 saturated heterocycles. The van der Waals surface area contributed by atoms with Crippen LogP contribution >= 0.6 is 0 Å². The first-order valence-corrected chi connectivity index (χ1v) is 6.03. The molecule has 4 heteroatoms. The summed E-state index contributed by atoms with van der Waals surface area (Å²) in [7, 11) is 4.14. The first-order chi connectivity index (χ1) is 7.29. The van der Waals surface area contributed by atoms with Crippen LogP contribution in [-0.2, 0) is 4.79 Å². The number of amides is 1. The Kier molecular flexibility index (Phi) is 4.33. The molecule has 0 aromatic rings. The summed E-state index contributed by atoms with van der Waals surface area (Å²) >= 11 is 0. The number of hydrogen-bond donors (Lipinski definition) is 1. The molecule has 0 aromatic heterocycles. The minimum absolute atomic E-state index is 0.240. The van der Waals surface area contributed by atoms with Gasteiger partial charge in [-0.05, 0) is 40.8 Å². The fourth-order valence-corrected chi connectivity index (χ4v) is 1.98. The highest BCUT2D eigenvalue weighted by atomic mass is 16.2. The molecule has 1 amide bonds. The minimum atomic E-state index is -0.240. The van der Waals surface area contributed by atoms with E-state index in [0.29, 0.717) is 12.5 Å². The zero-order valence-corrected chi connectivity index (χ0v) is 11.0. The first kappa shape index (κ1) is 13.5. The van der Waals surface area contributed by atoms with Crippen LogP contribution in [0.15, 0.2) is 0 Å². The van der Waals surface area contributed by atoms with E-state index in [0.717, 1.165) is 25.9 Å². The molecule has 4 nitrogen and oxygen atoms in total. The molecule has 1 atom stereocenters. The largest absolute Gasteiger partial charge is 0.341 e. The Morgan fingerprint density at radius 3 is 2.56 bits per heavy atom. The second kappa shape index (κ2) is 5.15. The SMILES string of the molecule is CN(C)C1CCN(C(=O)CCC(C)(C)N)C1. The summed E-state index contributed by atoms with van der Waals surface area (Å²) in [4.78, 5) is 16.1. The van der Waals surface area contributed by atoms with Crippen LogP contribution in [0.1, 0.15) is 33.1 Å². The topological polar surface area (TPSA) is 49.6 Å². The molecule has 1 fully saturated rings. The van der Waals surface area contributed by atoms with Gasteiger partial charge >= 0.3 is 0 Å². The second-order valence-electron chi connectivity index (χ2n) is 5.73. The third-order valence-electron chi connectivity index (χ3n) is 3.23. The Bertz CT molecular complexity index is 245. The van der Waals surface area contributed by atoms with Crippen LogP contribution in [0, 0.1) is 0 Å². The molecule has 1 aliphatic heterocycles. The Labute approximate surface area is 98.8 Å². The second-order valence-corrected chi connectivity index (χ2v) is 5.73. The van der Waals surface area contributed by atoms with Crippen molar-refractivity contribution in [1.82, 2.24) is 9.80 Å². The Balaban J connectivity index is 2.34. The summed E-state index contributed by atoms with van der Waals surface area (Å²) in [5.74, 6) is 0.253. The standard InChI is InChI=1S/C12H25N3O/c1-12(2,13)7-5-11(16)15-8-6-10(9-15)14(3)4/h10H,5-9,13H2,1-4H3. The monoisotopic (exact) mass is 227 g/mol. The van der Waals surface area contributed by atoms with E-state index >= 15 is 0 Å². The molecule has 94 valence electrons. The van der Waals surface area contributed by atoms with Gasteiger partial charge in [-0.15, -0.1) is 0 Å². The Morgan fingerprint density at radius 1 is 1.50 bits per heavy atom. The Hall–Kier alpha value is -0.610. The van der Waals surface area contributed by atoms with E-state index in [-0.39, 0.29) is 11.4 Å². The number of hydrogen-bond acceptors (Lipinski definition) is 3. The smallest absolute Gasteiger partial charge is 0.222 e. The molecular weight excluding hydrogens is 202 g/mol. The molecule has 1 rings (SSSR count). The third-order valence-corrected chi connectivity index (χ3v) is 3.23. The van der Waals surface area contributed by atoms with Crippen molar-refractivity contribution in [2.45, 2.75) is 44.7 Å². The van der Waals surface area contributed by atoms with Crippen molar-refractivity contribution in [1.29, 1.82) is 0 Å². The van der Waals surface area contributed by atoms with Crippen molar-refractivity contribution in [2.24, 2.45) is 5.73 Å². The number of rotatable bonds is 4. The predicted molar refractivity (Wildman–Crippen MR) is 66.2 cm³/mol. The zero-order valence-electron chi connectivity index (χ0n) is 11.0. The van der Waals surface area contributed by atoms with Gasteiger partial charge in [-0.2, -0.15) is 0 Å². The van der Waals surface area contributed by atoms with Crippen molar-refractivity contribution in [3.8, 4) is 0 Å². The summed E-state index contributed by atoms with van der Waals surface area (Å²) in [6.45, 7) is 5.70. The van der Waals surface area contributed by atoms with Crippen LogP contribution in [0.2, 0.25) is 0 Å². The average Bonchev–Trinajstić information content (AvgIpc) is 2.61. The van der Waals surface area contributed by atoms with Gasteiger partial charge in [0.2, 0.25) is 5.91 Å². The van der Waals surface area contributed by atoms with Gasteiger partial charge in [0.25, 0.3) is 0 Å². The van der Waals surface area contributed by atoms with Crippen molar-refractivity contribution >= 4 is 5.91 Å². The number of carbonyl (C=O) groups excluding carboxylic acids is 1. The molecule has 1 aliphatic rings. The van der Waals surface area contributed by atoms with Crippen LogP contribution in [0.4, 0.5) is 0 Å². The Morgan fingerprint density at radius 2 is 2.12 bits per heavy atom. The quantitative estimate of drug-likeness (QED) is 0.768. The van der Waals surface area contributed by atoms with Gasteiger partial charge in [0.15, 0.2) is 0 Å². The number of carbonyl (C=O) groups is 1. The molecule has 0 saturated carbocycles. The molecule has 0 radical (unpaired) electrons. The maximum atomic E-state index is 11.9. The van der Waals surface area contributed by atoms with Gasteiger partial charge in [0.1, 0.15) is 0 Å². The molecule has 16 heavy (non-hydrogen) atoms. The lowest BCUT2D eigenvalue weighted by Crippen LogP contribution is -2.37. The molecule has 0 bridgehead atoms. The maximum absolute atomic E-state index is 11.9. The first-order valence-electron chi connectivity index (χ1n) is 6.03. The van der Waals surface area contributed by atoms with Crippen LogP contribution < -0.4 is 5.73 Å². The summed E-state index contributed by atoms with van der Waals surface area (Å²) in [5.41, 5.74) is 5.64. The number of nitrogens with two attached hydrogens (primary N) is 1. The highest BCUT2D eigenvalue weighted by Gasteiger charge is 2.27. The van der Waals surface area contributed by atoms with Crippen LogP contribution in [-0.4, -0.2) is 54.5 Å². The van der Waals surface area contributed by atoms with E-state index in [2.05, 4.69) is 19.0 Å². The van der Waals surface area contributed by atoms with Crippen LogP contribution in [0.5, 0.6) is 0 Å². The molecule has 1 unspecified atom stereocenters. The minimum Gasteiger partial charge on any atom is -0.341 e. The fourth-order valence-electron chi connectivity index (χ4n) is 1.98. The van der Waals surface area contributed by atoms with Crippen LogP contribution in [0.3, 0.4) is 0 Å². The normalized spacial score (nSPS) is 21.9. The maximum Gasteiger partial charge on any atom is 0.222 e. The highest BCUT2D eigenvalue weighted by Crippen LogP contribution is 2.16. The van der Waals surface area contributed by atoms with E-state index in [4.69, 9.17) is 5.73 Å². The summed E-state index contributed by atoms with van der Waals surface area (Å²) < 4.78 is 0. The van der Waals surface area contributed by atoms with E-state index in [1.165, 1.54) is 0 Å². The lowest BCUT2D eigenvalue weighted by molar-refractivity contribution is -0.130. The van der Waals surface area contributed by atoms with Crippen molar-refractivity contribution < 1.29 is 4.79 Å². The summed E-state index contributed by atoms with van der Waals surface area (Å²) in [6, 6.07) is 0.523. The van der Waals surface area contributed by atoms with Gasteiger partial charge in [0.05, 0.1) is 0 Å². The van der Waals surface area contributed by atoms with Gasteiger partial charge < -0.3 is 15.5 Å².